The summed E-state index contributed by atoms with van der Waals surface area (Å²) in [5, 5.41) is 3.04. The van der Waals surface area contributed by atoms with E-state index in [2.05, 4.69) is 34.0 Å². The van der Waals surface area contributed by atoms with E-state index in [1.807, 2.05) is 21.1 Å². The van der Waals surface area contributed by atoms with E-state index in [9.17, 15) is 0 Å². The fourth-order valence-electron chi connectivity index (χ4n) is 1.10. The van der Waals surface area contributed by atoms with Crippen molar-refractivity contribution in [3.8, 4) is 5.88 Å². The minimum absolute atomic E-state index is 0.0271. The molecule has 0 aliphatic heterocycles. The monoisotopic (exact) mass is 238 g/mol. The van der Waals surface area contributed by atoms with Gasteiger partial charge in [-0.3, -0.25) is 4.98 Å². The lowest BCUT2D eigenvalue weighted by Gasteiger charge is -2.31. The van der Waals surface area contributed by atoms with Crippen molar-refractivity contribution in [2.24, 2.45) is 0 Å². The molecule has 0 atom stereocenters. The third-order valence-corrected chi connectivity index (χ3v) is 2.80. The summed E-state index contributed by atoms with van der Waals surface area (Å²) < 4.78 is 5.68. The smallest absolute Gasteiger partial charge is 0.232 e. The summed E-state index contributed by atoms with van der Waals surface area (Å²) >= 11 is 0. The highest BCUT2D eigenvalue weighted by atomic mass is 16.5. The zero-order valence-corrected chi connectivity index (χ0v) is 11.3. The molecule has 5 nitrogen and oxygen atoms in total. The van der Waals surface area contributed by atoms with Crippen molar-refractivity contribution < 1.29 is 4.74 Å². The van der Waals surface area contributed by atoms with Gasteiger partial charge < -0.3 is 15.0 Å². The molecule has 0 aliphatic rings. The van der Waals surface area contributed by atoms with Crippen LogP contribution in [0, 0.1) is 0 Å². The Labute approximate surface area is 103 Å². The number of likely N-dealkylation sites (N-methyl/N-ethyl adjacent to an activating group) is 1. The lowest BCUT2D eigenvalue weighted by Crippen LogP contribution is -2.43. The summed E-state index contributed by atoms with van der Waals surface area (Å²) in [6.45, 7) is 5.52. The van der Waals surface area contributed by atoms with Gasteiger partial charge in [0.1, 0.15) is 6.61 Å². The minimum atomic E-state index is -0.0271. The number of nitrogens with one attached hydrogen (secondary N) is 1. The summed E-state index contributed by atoms with van der Waals surface area (Å²) in [5.74, 6) is 0.577. The second kappa shape index (κ2) is 5.93. The molecule has 1 N–H and O–H groups in total. The van der Waals surface area contributed by atoms with E-state index in [4.69, 9.17) is 4.74 Å². The fraction of sp³-hybridized carbons (Fsp3) is 0.667. The molecule has 0 fully saturated rings. The molecular formula is C12H22N4O. The molecule has 0 radical (unpaired) electrons. The van der Waals surface area contributed by atoms with Crippen LogP contribution >= 0.6 is 0 Å². The Hall–Kier alpha value is -1.20. The molecule has 96 valence electrons. The molecule has 0 aromatic carbocycles. The van der Waals surface area contributed by atoms with Gasteiger partial charge in [0, 0.05) is 18.3 Å². The third-order valence-electron chi connectivity index (χ3n) is 2.80. The van der Waals surface area contributed by atoms with Crippen molar-refractivity contribution in [3.63, 3.8) is 0 Å². The Balaban J connectivity index is 2.60. The number of hydrogen-bond acceptors (Lipinski definition) is 5. The molecule has 1 aromatic rings. The number of rotatable bonds is 6. The van der Waals surface area contributed by atoms with E-state index in [1.54, 1.807) is 12.4 Å². The van der Waals surface area contributed by atoms with Crippen LogP contribution in [0.15, 0.2) is 12.4 Å². The lowest BCUT2D eigenvalue weighted by atomic mass is 10.1. The summed E-state index contributed by atoms with van der Waals surface area (Å²) in [7, 11) is 5.95. The normalized spacial score (nSPS) is 11.9. The second-order valence-electron chi connectivity index (χ2n) is 4.87. The van der Waals surface area contributed by atoms with Crippen molar-refractivity contribution in [2.75, 3.05) is 27.7 Å². The van der Waals surface area contributed by atoms with Crippen molar-refractivity contribution in [1.82, 2.24) is 20.2 Å². The van der Waals surface area contributed by atoms with Gasteiger partial charge in [0.15, 0.2) is 0 Å². The van der Waals surface area contributed by atoms with Gasteiger partial charge in [-0.05, 0) is 35.0 Å². The predicted octanol–water partition coefficient (Wildman–Crippen LogP) is 0.915. The Morgan fingerprint density at radius 1 is 1.35 bits per heavy atom. The molecule has 0 aliphatic carbocycles. The van der Waals surface area contributed by atoms with Gasteiger partial charge in [0.2, 0.25) is 5.88 Å². The zero-order chi connectivity index (χ0) is 12.9. The van der Waals surface area contributed by atoms with Gasteiger partial charge in [0.25, 0.3) is 0 Å². The van der Waals surface area contributed by atoms with Gasteiger partial charge in [0.05, 0.1) is 11.9 Å². The van der Waals surface area contributed by atoms with Crippen LogP contribution in [-0.2, 0) is 6.54 Å². The van der Waals surface area contributed by atoms with Crippen LogP contribution in [0.4, 0.5) is 0 Å². The average molecular weight is 238 g/mol. The first kappa shape index (κ1) is 13.9. The maximum Gasteiger partial charge on any atom is 0.232 e. The second-order valence-corrected chi connectivity index (χ2v) is 4.87. The van der Waals surface area contributed by atoms with Gasteiger partial charge >= 0.3 is 0 Å². The molecule has 0 amide bonds. The van der Waals surface area contributed by atoms with Crippen molar-refractivity contribution in [1.29, 1.82) is 0 Å². The van der Waals surface area contributed by atoms with Crippen molar-refractivity contribution in [3.05, 3.63) is 18.1 Å². The largest absolute Gasteiger partial charge is 0.475 e. The maximum atomic E-state index is 5.68. The highest BCUT2D eigenvalue weighted by Gasteiger charge is 2.21. The minimum Gasteiger partial charge on any atom is -0.475 e. The van der Waals surface area contributed by atoms with Crippen LogP contribution in [0.5, 0.6) is 5.88 Å². The number of aromatic nitrogens is 2. The van der Waals surface area contributed by atoms with E-state index >= 15 is 0 Å². The highest BCUT2D eigenvalue weighted by molar-refractivity contribution is 5.08. The summed E-state index contributed by atoms with van der Waals surface area (Å²) in [6.07, 6.45) is 3.38. The Kier molecular flexibility index (Phi) is 4.84. The van der Waals surface area contributed by atoms with E-state index in [0.717, 1.165) is 5.69 Å². The first-order valence-electron chi connectivity index (χ1n) is 5.71. The molecular weight excluding hydrogens is 216 g/mol. The van der Waals surface area contributed by atoms with Crippen LogP contribution in [0.1, 0.15) is 19.5 Å². The van der Waals surface area contributed by atoms with Crippen LogP contribution < -0.4 is 10.1 Å². The molecule has 0 spiro atoms. The summed E-state index contributed by atoms with van der Waals surface area (Å²) in [5.41, 5.74) is 0.855. The van der Waals surface area contributed by atoms with Crippen molar-refractivity contribution in [2.45, 2.75) is 25.9 Å². The SMILES string of the molecule is CNCc1cncc(OCC(C)(C)N(C)C)n1. The quantitative estimate of drug-likeness (QED) is 0.798. The number of hydrogen-bond donors (Lipinski definition) is 1. The van der Waals surface area contributed by atoms with Crippen molar-refractivity contribution >= 4 is 0 Å². The number of ether oxygens (including phenoxy) is 1. The van der Waals surface area contributed by atoms with Crippen LogP contribution in [0.3, 0.4) is 0 Å². The molecule has 0 unspecified atom stereocenters. The zero-order valence-electron chi connectivity index (χ0n) is 11.3. The van der Waals surface area contributed by atoms with Crippen LogP contribution in [0.25, 0.3) is 0 Å². The topological polar surface area (TPSA) is 50.3 Å². The standard InChI is InChI=1S/C12H22N4O/c1-12(2,16(4)5)9-17-11-8-14-7-10(15-11)6-13-3/h7-8,13H,6,9H2,1-5H3. The molecule has 1 heterocycles. The molecule has 0 saturated carbocycles. The predicted molar refractivity (Wildman–Crippen MR) is 68.1 cm³/mol. The molecule has 5 heteroatoms. The Morgan fingerprint density at radius 2 is 2.06 bits per heavy atom. The number of nitrogens with zero attached hydrogens (tertiary/aromatic N) is 3. The maximum absolute atomic E-state index is 5.68. The van der Waals surface area contributed by atoms with E-state index in [0.29, 0.717) is 19.0 Å². The third kappa shape index (κ3) is 4.28. The Bertz CT molecular complexity index is 352. The molecule has 17 heavy (non-hydrogen) atoms. The van der Waals surface area contributed by atoms with Crippen LogP contribution in [0.2, 0.25) is 0 Å². The lowest BCUT2D eigenvalue weighted by molar-refractivity contribution is 0.110. The Morgan fingerprint density at radius 3 is 2.65 bits per heavy atom. The van der Waals surface area contributed by atoms with Gasteiger partial charge in [-0.25, -0.2) is 4.98 Å². The summed E-state index contributed by atoms with van der Waals surface area (Å²) in [6, 6.07) is 0. The first-order chi connectivity index (χ1) is 7.95. The fourth-order valence-corrected chi connectivity index (χ4v) is 1.10. The van der Waals surface area contributed by atoms with E-state index in [1.165, 1.54) is 0 Å². The molecule has 1 aromatic heterocycles. The van der Waals surface area contributed by atoms with Gasteiger partial charge in [-0.15, -0.1) is 0 Å². The molecule has 0 saturated heterocycles. The van der Waals surface area contributed by atoms with E-state index in [-0.39, 0.29) is 5.54 Å². The van der Waals surface area contributed by atoms with E-state index < -0.39 is 0 Å². The summed E-state index contributed by atoms with van der Waals surface area (Å²) in [4.78, 5) is 10.6. The molecule has 1 rings (SSSR count). The van der Waals surface area contributed by atoms with Gasteiger partial charge in [-0.1, -0.05) is 0 Å². The van der Waals surface area contributed by atoms with Gasteiger partial charge in [-0.2, -0.15) is 0 Å². The first-order valence-corrected chi connectivity index (χ1v) is 5.71. The average Bonchev–Trinajstić information content (AvgIpc) is 2.27. The molecule has 0 bridgehead atoms. The highest BCUT2D eigenvalue weighted by Crippen LogP contribution is 2.13. The van der Waals surface area contributed by atoms with Crippen LogP contribution in [-0.4, -0.2) is 48.2 Å².